The zero-order valence-electron chi connectivity index (χ0n) is 13.6. The van der Waals surface area contributed by atoms with E-state index in [4.69, 9.17) is 10.9 Å². The van der Waals surface area contributed by atoms with E-state index in [0.717, 1.165) is 24.7 Å². The Morgan fingerprint density at radius 3 is 2.00 bits per heavy atom. The van der Waals surface area contributed by atoms with Crippen LogP contribution in [-0.2, 0) is 0 Å². The Kier molecular flexibility index (Phi) is 10.5. The fourth-order valence-electron chi connectivity index (χ4n) is 3.50. The first kappa shape index (κ1) is 23.1. The number of hydrogen-bond donors (Lipinski definition) is 2. The largest absolute Gasteiger partial charge is 0.409 e. The summed E-state index contributed by atoms with van der Waals surface area (Å²) in [7, 11) is 0. The SMILES string of the molecule is Cl.Cl.Cl.NC(=NO)c1ccc(N2CCC(N3CCCC3)CC2)cc1. The molecule has 0 bridgehead atoms. The molecule has 138 valence electrons. The number of piperidine rings is 1. The zero-order chi connectivity index (χ0) is 14.7. The molecule has 2 heterocycles. The molecule has 0 atom stereocenters. The predicted octanol–water partition coefficient (Wildman–Crippen LogP) is 3.11. The van der Waals surface area contributed by atoms with Gasteiger partial charge in [-0.25, -0.2) is 0 Å². The van der Waals surface area contributed by atoms with Crippen molar-refractivity contribution in [3.8, 4) is 0 Å². The van der Waals surface area contributed by atoms with Crippen molar-refractivity contribution in [3.05, 3.63) is 29.8 Å². The van der Waals surface area contributed by atoms with E-state index in [9.17, 15) is 0 Å². The summed E-state index contributed by atoms with van der Waals surface area (Å²) in [6.45, 7) is 4.81. The Labute approximate surface area is 162 Å². The van der Waals surface area contributed by atoms with Crippen molar-refractivity contribution in [2.75, 3.05) is 31.1 Å². The second kappa shape index (κ2) is 10.9. The van der Waals surface area contributed by atoms with Crippen molar-refractivity contribution in [2.24, 2.45) is 10.9 Å². The number of nitrogens with zero attached hydrogens (tertiary/aromatic N) is 3. The van der Waals surface area contributed by atoms with Crippen molar-refractivity contribution in [1.82, 2.24) is 4.90 Å². The summed E-state index contributed by atoms with van der Waals surface area (Å²) in [5.41, 5.74) is 7.58. The van der Waals surface area contributed by atoms with Crippen LogP contribution in [0.2, 0.25) is 0 Å². The van der Waals surface area contributed by atoms with Crippen molar-refractivity contribution in [2.45, 2.75) is 31.7 Å². The molecule has 1 aromatic rings. The van der Waals surface area contributed by atoms with Gasteiger partial charge in [-0.05, 0) is 63.0 Å². The number of anilines is 1. The van der Waals surface area contributed by atoms with E-state index in [1.165, 1.54) is 44.5 Å². The molecule has 0 spiro atoms. The molecule has 3 N–H and O–H groups in total. The number of likely N-dealkylation sites (tertiary alicyclic amines) is 1. The molecular weight excluding hydrogens is 371 g/mol. The molecule has 2 saturated heterocycles. The highest BCUT2D eigenvalue weighted by molar-refractivity contribution is 5.97. The number of hydrogen-bond acceptors (Lipinski definition) is 4. The average Bonchev–Trinajstić information content (AvgIpc) is 3.09. The van der Waals surface area contributed by atoms with E-state index in [1.807, 2.05) is 12.1 Å². The fourth-order valence-corrected chi connectivity index (χ4v) is 3.50. The molecule has 2 aliphatic heterocycles. The molecule has 8 heteroatoms. The quantitative estimate of drug-likeness (QED) is 0.356. The summed E-state index contributed by atoms with van der Waals surface area (Å²) in [6, 6.07) is 8.72. The Morgan fingerprint density at radius 1 is 0.958 bits per heavy atom. The van der Waals surface area contributed by atoms with Gasteiger partial charge in [-0.1, -0.05) is 5.16 Å². The van der Waals surface area contributed by atoms with Gasteiger partial charge < -0.3 is 20.7 Å². The summed E-state index contributed by atoms with van der Waals surface area (Å²) < 4.78 is 0. The normalized spacial score (nSPS) is 19.2. The van der Waals surface area contributed by atoms with Crippen LogP contribution in [0.4, 0.5) is 5.69 Å². The number of nitrogens with two attached hydrogens (primary N) is 1. The van der Waals surface area contributed by atoms with Crippen LogP contribution in [-0.4, -0.2) is 48.2 Å². The maximum atomic E-state index is 8.69. The van der Waals surface area contributed by atoms with Crippen LogP contribution in [0.25, 0.3) is 0 Å². The van der Waals surface area contributed by atoms with Crippen molar-refractivity contribution < 1.29 is 5.21 Å². The molecular formula is C16H27Cl3N4O. The third-order valence-electron chi connectivity index (χ3n) is 4.76. The van der Waals surface area contributed by atoms with Gasteiger partial charge in [0.15, 0.2) is 5.84 Å². The van der Waals surface area contributed by atoms with Crippen LogP contribution in [0.5, 0.6) is 0 Å². The molecule has 2 fully saturated rings. The maximum absolute atomic E-state index is 8.69. The zero-order valence-corrected chi connectivity index (χ0v) is 16.1. The Bertz CT molecular complexity index is 499. The molecule has 0 saturated carbocycles. The Balaban J connectivity index is 0.00000176. The van der Waals surface area contributed by atoms with Crippen molar-refractivity contribution in [1.29, 1.82) is 0 Å². The first-order valence-electron chi connectivity index (χ1n) is 7.85. The predicted molar refractivity (Wildman–Crippen MR) is 107 cm³/mol. The summed E-state index contributed by atoms with van der Waals surface area (Å²) in [5, 5.41) is 11.7. The van der Waals surface area contributed by atoms with Gasteiger partial charge in [-0.15, -0.1) is 37.2 Å². The number of benzene rings is 1. The minimum absolute atomic E-state index is 0. The maximum Gasteiger partial charge on any atom is 0.170 e. The Morgan fingerprint density at radius 2 is 1.50 bits per heavy atom. The van der Waals surface area contributed by atoms with E-state index in [0.29, 0.717) is 0 Å². The smallest absolute Gasteiger partial charge is 0.170 e. The second-order valence-corrected chi connectivity index (χ2v) is 5.99. The van der Waals surface area contributed by atoms with E-state index < -0.39 is 0 Å². The fraction of sp³-hybridized carbons (Fsp3) is 0.562. The molecule has 0 aromatic heterocycles. The Hall–Kier alpha value is -0.880. The van der Waals surface area contributed by atoms with Gasteiger partial charge in [-0.3, -0.25) is 0 Å². The monoisotopic (exact) mass is 396 g/mol. The first-order chi connectivity index (χ1) is 10.3. The lowest BCUT2D eigenvalue weighted by Crippen LogP contribution is -2.43. The van der Waals surface area contributed by atoms with Crippen LogP contribution in [0.3, 0.4) is 0 Å². The van der Waals surface area contributed by atoms with Gasteiger partial charge in [0.1, 0.15) is 0 Å². The lowest BCUT2D eigenvalue weighted by Gasteiger charge is -2.37. The van der Waals surface area contributed by atoms with E-state index >= 15 is 0 Å². The number of amidine groups is 1. The molecule has 0 radical (unpaired) electrons. The van der Waals surface area contributed by atoms with Crippen molar-refractivity contribution in [3.63, 3.8) is 0 Å². The third kappa shape index (κ3) is 5.31. The highest BCUT2D eigenvalue weighted by Crippen LogP contribution is 2.25. The number of rotatable bonds is 3. The second-order valence-electron chi connectivity index (χ2n) is 5.99. The van der Waals surface area contributed by atoms with E-state index in [-0.39, 0.29) is 43.1 Å². The molecule has 2 aliphatic rings. The molecule has 3 rings (SSSR count). The molecule has 5 nitrogen and oxygen atoms in total. The first-order valence-corrected chi connectivity index (χ1v) is 7.85. The summed E-state index contributed by atoms with van der Waals surface area (Å²) in [4.78, 5) is 5.10. The van der Waals surface area contributed by atoms with Crippen LogP contribution in [0.1, 0.15) is 31.2 Å². The van der Waals surface area contributed by atoms with Gasteiger partial charge in [-0.2, -0.15) is 0 Å². The van der Waals surface area contributed by atoms with Crippen molar-refractivity contribution >= 4 is 48.7 Å². The minimum atomic E-state index is 0. The van der Waals surface area contributed by atoms with Gasteiger partial charge in [0.05, 0.1) is 0 Å². The molecule has 0 unspecified atom stereocenters. The van der Waals surface area contributed by atoms with Gasteiger partial charge >= 0.3 is 0 Å². The van der Waals surface area contributed by atoms with Crippen LogP contribution in [0.15, 0.2) is 29.4 Å². The van der Waals surface area contributed by atoms with Gasteiger partial charge in [0.2, 0.25) is 0 Å². The van der Waals surface area contributed by atoms with E-state index in [1.54, 1.807) is 0 Å². The molecule has 24 heavy (non-hydrogen) atoms. The number of halogens is 3. The summed E-state index contributed by atoms with van der Waals surface area (Å²) in [5.74, 6) is 0.161. The van der Waals surface area contributed by atoms with Crippen LogP contribution in [0, 0.1) is 0 Å². The van der Waals surface area contributed by atoms with E-state index in [2.05, 4.69) is 27.1 Å². The minimum Gasteiger partial charge on any atom is -0.409 e. The average molecular weight is 398 g/mol. The third-order valence-corrected chi connectivity index (χ3v) is 4.76. The summed E-state index contributed by atoms with van der Waals surface area (Å²) >= 11 is 0. The topological polar surface area (TPSA) is 65.1 Å². The lowest BCUT2D eigenvalue weighted by molar-refractivity contribution is 0.208. The number of oxime groups is 1. The van der Waals surface area contributed by atoms with Gasteiger partial charge in [0, 0.05) is 30.4 Å². The van der Waals surface area contributed by atoms with Crippen LogP contribution >= 0.6 is 37.2 Å². The molecule has 1 aromatic carbocycles. The summed E-state index contributed by atoms with van der Waals surface area (Å²) in [6.07, 6.45) is 5.25. The highest BCUT2D eigenvalue weighted by Gasteiger charge is 2.26. The lowest BCUT2D eigenvalue weighted by atomic mass is 10.0. The highest BCUT2D eigenvalue weighted by atomic mass is 35.5. The van der Waals surface area contributed by atoms with Crippen LogP contribution < -0.4 is 10.6 Å². The standard InChI is InChI=1S/C16H24N4O.3ClH/c17-16(18-21)13-3-5-14(6-4-13)20-11-7-15(8-12-20)19-9-1-2-10-19;;;/h3-6,15,21H,1-2,7-12H2,(H2,17,18);3*1H. The molecule has 0 amide bonds. The molecule has 0 aliphatic carbocycles. The van der Waals surface area contributed by atoms with Gasteiger partial charge in [0.25, 0.3) is 0 Å².